The lowest BCUT2D eigenvalue weighted by molar-refractivity contribution is -0.120. The molecule has 2 aromatic rings. The van der Waals surface area contributed by atoms with E-state index < -0.39 is 17.9 Å². The van der Waals surface area contributed by atoms with Gasteiger partial charge in [0.05, 0.1) is 5.02 Å². The quantitative estimate of drug-likeness (QED) is 0.887. The number of benzene rings is 1. The van der Waals surface area contributed by atoms with Crippen LogP contribution in [0.2, 0.25) is 5.02 Å². The Morgan fingerprint density at radius 1 is 1.41 bits per heavy atom. The first-order chi connectivity index (χ1) is 10.4. The summed E-state index contributed by atoms with van der Waals surface area (Å²) in [4.78, 5) is 24.0. The molecule has 3 N–H and O–H groups in total. The molecule has 6 heteroatoms. The van der Waals surface area contributed by atoms with Crippen LogP contribution in [0.15, 0.2) is 22.6 Å². The molecule has 1 aromatic heterocycles. The molecule has 118 valence electrons. The Kier molecular flexibility index (Phi) is 4.76. The van der Waals surface area contributed by atoms with Crippen LogP contribution in [-0.2, 0) is 4.79 Å². The van der Waals surface area contributed by atoms with Crippen LogP contribution in [0.5, 0.6) is 0 Å². The standard InChI is InChI=1S/C16H19ClN2O3/c1-4-8(2)12(15(18)20)19-16(21)13-9(3)10-6-5-7-11(17)14(10)22-13/h5-8,12H,4H2,1-3H3,(H2,18,20)(H,19,21). The van der Waals surface area contributed by atoms with Gasteiger partial charge in [0.25, 0.3) is 5.91 Å². The van der Waals surface area contributed by atoms with Gasteiger partial charge in [0.1, 0.15) is 6.04 Å². The minimum absolute atomic E-state index is 0.0604. The van der Waals surface area contributed by atoms with Crippen LogP contribution in [0.25, 0.3) is 11.0 Å². The van der Waals surface area contributed by atoms with E-state index >= 15 is 0 Å². The number of hydrogen-bond acceptors (Lipinski definition) is 3. The second-order valence-corrected chi connectivity index (χ2v) is 5.82. The number of primary amides is 1. The summed E-state index contributed by atoms with van der Waals surface area (Å²) in [5.41, 5.74) is 6.52. The molecule has 5 nitrogen and oxygen atoms in total. The minimum atomic E-state index is -0.736. The fraction of sp³-hybridized carbons (Fsp3) is 0.375. The zero-order valence-electron chi connectivity index (χ0n) is 12.8. The van der Waals surface area contributed by atoms with Crippen molar-refractivity contribution in [3.8, 4) is 0 Å². The van der Waals surface area contributed by atoms with Gasteiger partial charge in [-0.3, -0.25) is 9.59 Å². The first-order valence-corrected chi connectivity index (χ1v) is 7.52. The Hall–Kier alpha value is -2.01. The Balaban J connectivity index is 2.35. The molecule has 0 bridgehead atoms. The van der Waals surface area contributed by atoms with Crippen molar-refractivity contribution in [1.82, 2.24) is 5.32 Å². The van der Waals surface area contributed by atoms with Crippen molar-refractivity contribution in [2.24, 2.45) is 11.7 Å². The molecule has 2 atom stereocenters. The third-order valence-corrected chi connectivity index (χ3v) is 4.23. The number of aryl methyl sites for hydroxylation is 1. The normalized spacial score (nSPS) is 13.8. The van der Waals surface area contributed by atoms with Crippen LogP contribution in [0.3, 0.4) is 0 Å². The molecule has 2 unspecified atom stereocenters. The van der Waals surface area contributed by atoms with E-state index in [-0.39, 0.29) is 11.7 Å². The SMILES string of the molecule is CCC(C)C(NC(=O)c1oc2c(Cl)cccc2c1C)C(N)=O. The number of fused-ring (bicyclic) bond motifs is 1. The van der Waals surface area contributed by atoms with E-state index in [0.717, 1.165) is 11.8 Å². The molecule has 1 heterocycles. The molecule has 0 saturated heterocycles. The van der Waals surface area contributed by atoms with Gasteiger partial charge in [-0.1, -0.05) is 44.0 Å². The van der Waals surface area contributed by atoms with Gasteiger partial charge < -0.3 is 15.5 Å². The van der Waals surface area contributed by atoms with Crippen LogP contribution in [0.1, 0.15) is 36.4 Å². The van der Waals surface area contributed by atoms with E-state index in [9.17, 15) is 9.59 Å². The molecule has 0 aliphatic carbocycles. The topological polar surface area (TPSA) is 85.3 Å². The summed E-state index contributed by atoms with van der Waals surface area (Å²) in [5, 5.41) is 3.87. The number of nitrogens with two attached hydrogens (primary N) is 1. The molecule has 0 aliphatic rings. The van der Waals surface area contributed by atoms with E-state index in [1.165, 1.54) is 0 Å². The number of carbonyl (C=O) groups is 2. The smallest absolute Gasteiger partial charge is 0.287 e. The molecular weight excluding hydrogens is 304 g/mol. The van der Waals surface area contributed by atoms with E-state index in [1.807, 2.05) is 19.9 Å². The van der Waals surface area contributed by atoms with Crippen LogP contribution < -0.4 is 11.1 Å². The van der Waals surface area contributed by atoms with Gasteiger partial charge in [0.2, 0.25) is 5.91 Å². The number of hydrogen-bond donors (Lipinski definition) is 2. The zero-order chi connectivity index (χ0) is 16.4. The highest BCUT2D eigenvalue weighted by molar-refractivity contribution is 6.35. The van der Waals surface area contributed by atoms with Crippen molar-refractivity contribution in [2.75, 3.05) is 0 Å². The molecule has 0 fully saturated rings. The zero-order valence-corrected chi connectivity index (χ0v) is 13.5. The van der Waals surface area contributed by atoms with Crippen LogP contribution >= 0.6 is 11.6 Å². The second kappa shape index (κ2) is 6.40. The Bertz CT molecular complexity index is 723. The molecule has 1 aromatic carbocycles. The lowest BCUT2D eigenvalue weighted by Gasteiger charge is -2.20. The molecule has 0 aliphatic heterocycles. The van der Waals surface area contributed by atoms with Crippen molar-refractivity contribution < 1.29 is 14.0 Å². The summed E-state index contributed by atoms with van der Waals surface area (Å²) < 4.78 is 5.59. The van der Waals surface area contributed by atoms with Gasteiger partial charge in [-0.05, 0) is 18.9 Å². The predicted molar refractivity (Wildman–Crippen MR) is 85.9 cm³/mol. The number of rotatable bonds is 5. The second-order valence-electron chi connectivity index (χ2n) is 5.41. The summed E-state index contributed by atoms with van der Waals surface area (Å²) in [6.07, 6.45) is 0.721. The van der Waals surface area contributed by atoms with Gasteiger partial charge >= 0.3 is 0 Å². The number of furan rings is 1. The highest BCUT2D eigenvalue weighted by atomic mass is 35.5. The fourth-order valence-corrected chi connectivity index (χ4v) is 2.57. The highest BCUT2D eigenvalue weighted by Crippen LogP contribution is 2.30. The van der Waals surface area contributed by atoms with E-state index in [4.69, 9.17) is 21.8 Å². The lowest BCUT2D eigenvalue weighted by Crippen LogP contribution is -2.48. The largest absolute Gasteiger partial charge is 0.449 e. The summed E-state index contributed by atoms with van der Waals surface area (Å²) >= 11 is 6.08. The molecular formula is C16H19ClN2O3. The van der Waals surface area contributed by atoms with Crippen LogP contribution in [0, 0.1) is 12.8 Å². The lowest BCUT2D eigenvalue weighted by atomic mass is 9.98. The summed E-state index contributed by atoms with van der Waals surface area (Å²) in [6.45, 7) is 5.57. The molecule has 22 heavy (non-hydrogen) atoms. The summed E-state index contributed by atoms with van der Waals surface area (Å²) in [7, 11) is 0. The van der Waals surface area contributed by atoms with Gasteiger partial charge in [-0.15, -0.1) is 0 Å². The number of halogens is 1. The third kappa shape index (κ3) is 2.95. The summed E-state index contributed by atoms with van der Waals surface area (Å²) in [5.74, 6) is -0.935. The maximum atomic E-state index is 12.4. The minimum Gasteiger partial charge on any atom is -0.449 e. The van der Waals surface area contributed by atoms with Crippen molar-refractivity contribution in [3.05, 3.63) is 34.5 Å². The molecule has 0 saturated carbocycles. The number of para-hydroxylation sites is 1. The first kappa shape index (κ1) is 16.4. The van der Waals surface area contributed by atoms with E-state index in [2.05, 4.69) is 5.32 Å². The van der Waals surface area contributed by atoms with Crippen molar-refractivity contribution >= 4 is 34.4 Å². The fourth-order valence-electron chi connectivity index (χ4n) is 2.36. The maximum Gasteiger partial charge on any atom is 0.287 e. The highest BCUT2D eigenvalue weighted by Gasteiger charge is 2.27. The predicted octanol–water partition coefficient (Wildman–Crippen LogP) is 3.02. The van der Waals surface area contributed by atoms with Crippen molar-refractivity contribution in [2.45, 2.75) is 33.2 Å². The Labute approximate surface area is 133 Å². The van der Waals surface area contributed by atoms with E-state index in [0.29, 0.717) is 16.2 Å². The molecule has 2 amide bonds. The Morgan fingerprint density at radius 3 is 2.64 bits per heavy atom. The average molecular weight is 323 g/mol. The van der Waals surface area contributed by atoms with E-state index in [1.54, 1.807) is 19.1 Å². The summed E-state index contributed by atoms with van der Waals surface area (Å²) in [6, 6.07) is 4.58. The maximum absolute atomic E-state index is 12.4. The van der Waals surface area contributed by atoms with Gasteiger partial charge in [-0.2, -0.15) is 0 Å². The van der Waals surface area contributed by atoms with Crippen molar-refractivity contribution in [3.63, 3.8) is 0 Å². The number of carbonyl (C=O) groups excluding carboxylic acids is 2. The van der Waals surface area contributed by atoms with Gasteiger partial charge in [0.15, 0.2) is 11.3 Å². The van der Waals surface area contributed by atoms with Crippen LogP contribution in [-0.4, -0.2) is 17.9 Å². The molecule has 0 spiro atoms. The number of amides is 2. The van der Waals surface area contributed by atoms with Gasteiger partial charge in [0, 0.05) is 10.9 Å². The molecule has 2 rings (SSSR count). The van der Waals surface area contributed by atoms with Crippen LogP contribution in [0.4, 0.5) is 0 Å². The average Bonchev–Trinajstić information content (AvgIpc) is 2.82. The third-order valence-electron chi connectivity index (χ3n) is 3.93. The van der Waals surface area contributed by atoms with Gasteiger partial charge in [-0.25, -0.2) is 0 Å². The number of nitrogens with one attached hydrogen (secondary N) is 1. The monoisotopic (exact) mass is 322 g/mol. The Morgan fingerprint density at radius 2 is 2.09 bits per heavy atom. The molecule has 0 radical (unpaired) electrons. The van der Waals surface area contributed by atoms with Crippen molar-refractivity contribution in [1.29, 1.82) is 0 Å². The first-order valence-electron chi connectivity index (χ1n) is 7.14.